The topological polar surface area (TPSA) is 59.1 Å². The molecule has 0 unspecified atom stereocenters. The molecule has 6 nitrogen and oxygen atoms in total. The molecule has 0 N–H and O–H groups in total. The second-order valence-corrected chi connectivity index (χ2v) is 7.97. The van der Waals surface area contributed by atoms with Gasteiger partial charge in [-0.25, -0.2) is 9.59 Å². The smallest absolute Gasteiger partial charge is 0.410 e. The molecule has 0 saturated carbocycles. The van der Waals surface area contributed by atoms with Gasteiger partial charge in [0.15, 0.2) is 0 Å². The fraction of sp³-hybridized carbons (Fsp3) is 0.600. The highest BCUT2D eigenvalue weighted by molar-refractivity contribution is 5.71. The van der Waals surface area contributed by atoms with E-state index in [2.05, 4.69) is 0 Å². The summed E-state index contributed by atoms with van der Waals surface area (Å²) < 4.78 is 10.9. The molecule has 1 aliphatic rings. The lowest BCUT2D eigenvalue weighted by Gasteiger charge is -2.43. The molecule has 1 aromatic carbocycles. The van der Waals surface area contributed by atoms with Crippen LogP contribution in [0, 0.1) is 5.92 Å². The molecule has 144 valence electrons. The first kappa shape index (κ1) is 20.1. The normalized spacial score (nSPS) is 18.0. The standard InChI is InChI=1S/C20H30N2O4/c1-15(2)17-13-21(11-12-22(17)19(24)26-20(3,4)5)18(23)25-14-16-9-7-6-8-10-16/h6-10,15,17H,11-14H2,1-5H3/t17-/m1/s1. The number of rotatable bonds is 3. The molecule has 1 atom stereocenters. The lowest BCUT2D eigenvalue weighted by Crippen LogP contribution is -2.59. The molecule has 26 heavy (non-hydrogen) atoms. The number of nitrogens with zero attached hydrogens (tertiary/aromatic N) is 2. The van der Waals surface area contributed by atoms with Gasteiger partial charge in [-0.05, 0) is 32.3 Å². The van der Waals surface area contributed by atoms with Gasteiger partial charge in [0.1, 0.15) is 12.2 Å². The third kappa shape index (κ3) is 5.64. The maximum absolute atomic E-state index is 12.5. The van der Waals surface area contributed by atoms with Gasteiger partial charge in [-0.1, -0.05) is 44.2 Å². The van der Waals surface area contributed by atoms with Crippen molar-refractivity contribution in [3.05, 3.63) is 35.9 Å². The maximum atomic E-state index is 12.5. The second-order valence-electron chi connectivity index (χ2n) is 7.97. The Labute approximate surface area is 156 Å². The Kier molecular flexibility index (Phi) is 6.51. The van der Waals surface area contributed by atoms with E-state index in [4.69, 9.17) is 9.47 Å². The number of carbonyl (C=O) groups excluding carboxylic acids is 2. The summed E-state index contributed by atoms with van der Waals surface area (Å²) >= 11 is 0. The monoisotopic (exact) mass is 362 g/mol. The molecule has 0 radical (unpaired) electrons. The minimum atomic E-state index is -0.537. The molecule has 2 amide bonds. The van der Waals surface area contributed by atoms with Crippen LogP contribution in [-0.4, -0.2) is 53.3 Å². The van der Waals surface area contributed by atoms with Crippen LogP contribution in [0.15, 0.2) is 30.3 Å². The molecule has 0 aromatic heterocycles. The molecular weight excluding hydrogens is 332 g/mol. The summed E-state index contributed by atoms with van der Waals surface area (Å²) in [5.41, 5.74) is 0.415. The Balaban J connectivity index is 1.95. The third-order valence-electron chi connectivity index (χ3n) is 4.28. The Morgan fingerprint density at radius 1 is 1.12 bits per heavy atom. The first-order valence-corrected chi connectivity index (χ1v) is 9.12. The van der Waals surface area contributed by atoms with Crippen molar-refractivity contribution >= 4 is 12.2 Å². The zero-order chi connectivity index (χ0) is 19.3. The molecule has 6 heteroatoms. The fourth-order valence-corrected chi connectivity index (χ4v) is 2.90. The van der Waals surface area contributed by atoms with Crippen molar-refractivity contribution in [2.24, 2.45) is 5.92 Å². The van der Waals surface area contributed by atoms with Crippen LogP contribution in [0.3, 0.4) is 0 Å². The zero-order valence-corrected chi connectivity index (χ0v) is 16.4. The Bertz CT molecular complexity index is 610. The number of ether oxygens (including phenoxy) is 2. The SMILES string of the molecule is CC(C)[C@H]1CN(C(=O)OCc2ccccc2)CCN1C(=O)OC(C)(C)C. The average Bonchev–Trinajstić information content (AvgIpc) is 2.58. The van der Waals surface area contributed by atoms with E-state index in [0.29, 0.717) is 19.6 Å². The molecule has 1 saturated heterocycles. The highest BCUT2D eigenvalue weighted by Crippen LogP contribution is 2.21. The van der Waals surface area contributed by atoms with Crippen LogP contribution in [0.4, 0.5) is 9.59 Å². The van der Waals surface area contributed by atoms with Gasteiger partial charge in [0.25, 0.3) is 0 Å². The van der Waals surface area contributed by atoms with Crippen molar-refractivity contribution in [1.82, 2.24) is 9.80 Å². The predicted molar refractivity (Wildman–Crippen MR) is 99.8 cm³/mol. The highest BCUT2D eigenvalue weighted by Gasteiger charge is 2.36. The van der Waals surface area contributed by atoms with Crippen LogP contribution >= 0.6 is 0 Å². The van der Waals surface area contributed by atoms with Gasteiger partial charge in [0.2, 0.25) is 0 Å². The minimum Gasteiger partial charge on any atom is -0.445 e. The molecule has 0 bridgehead atoms. The maximum Gasteiger partial charge on any atom is 0.410 e. The fourth-order valence-electron chi connectivity index (χ4n) is 2.90. The number of hydrogen-bond donors (Lipinski definition) is 0. The summed E-state index contributed by atoms with van der Waals surface area (Å²) in [6.45, 7) is 11.2. The molecule has 2 rings (SSSR count). The number of benzene rings is 1. The van der Waals surface area contributed by atoms with E-state index in [0.717, 1.165) is 5.56 Å². The summed E-state index contributed by atoms with van der Waals surface area (Å²) in [5, 5.41) is 0. The summed E-state index contributed by atoms with van der Waals surface area (Å²) in [4.78, 5) is 28.3. The predicted octanol–water partition coefficient (Wildman–Crippen LogP) is 3.90. The van der Waals surface area contributed by atoms with Gasteiger partial charge >= 0.3 is 12.2 Å². The van der Waals surface area contributed by atoms with E-state index in [1.165, 1.54) is 0 Å². The van der Waals surface area contributed by atoms with Gasteiger partial charge in [-0.15, -0.1) is 0 Å². The van der Waals surface area contributed by atoms with Crippen LogP contribution in [-0.2, 0) is 16.1 Å². The third-order valence-corrected chi connectivity index (χ3v) is 4.28. The highest BCUT2D eigenvalue weighted by atomic mass is 16.6. The summed E-state index contributed by atoms with van der Waals surface area (Å²) in [5.74, 6) is 0.201. The van der Waals surface area contributed by atoms with Crippen molar-refractivity contribution in [1.29, 1.82) is 0 Å². The van der Waals surface area contributed by atoms with Gasteiger partial charge in [0.05, 0.1) is 6.04 Å². The molecular formula is C20H30N2O4. The average molecular weight is 362 g/mol. The number of hydrogen-bond acceptors (Lipinski definition) is 4. The number of piperazine rings is 1. The van der Waals surface area contributed by atoms with Crippen LogP contribution in [0.25, 0.3) is 0 Å². The Hall–Kier alpha value is -2.24. The lowest BCUT2D eigenvalue weighted by molar-refractivity contribution is -0.0107. The summed E-state index contributed by atoms with van der Waals surface area (Å²) in [6, 6.07) is 9.50. The van der Waals surface area contributed by atoms with Gasteiger partial charge in [-0.3, -0.25) is 0 Å². The van der Waals surface area contributed by atoms with E-state index >= 15 is 0 Å². The van der Waals surface area contributed by atoms with Crippen molar-refractivity contribution in [3.63, 3.8) is 0 Å². The summed E-state index contributed by atoms with van der Waals surface area (Å²) in [6.07, 6.45) is -0.670. The summed E-state index contributed by atoms with van der Waals surface area (Å²) in [7, 11) is 0. The Morgan fingerprint density at radius 3 is 2.35 bits per heavy atom. The van der Waals surface area contributed by atoms with Gasteiger partial charge in [0, 0.05) is 19.6 Å². The van der Waals surface area contributed by atoms with Crippen LogP contribution in [0.2, 0.25) is 0 Å². The molecule has 1 heterocycles. The molecule has 0 aliphatic carbocycles. The van der Waals surface area contributed by atoms with Crippen molar-refractivity contribution in [2.45, 2.75) is 52.9 Å². The largest absolute Gasteiger partial charge is 0.445 e. The van der Waals surface area contributed by atoms with E-state index in [1.807, 2.05) is 65.0 Å². The van der Waals surface area contributed by atoms with Crippen molar-refractivity contribution in [3.8, 4) is 0 Å². The van der Waals surface area contributed by atoms with E-state index in [9.17, 15) is 9.59 Å². The molecule has 0 spiro atoms. The molecule has 1 fully saturated rings. The van der Waals surface area contributed by atoms with Crippen molar-refractivity contribution in [2.75, 3.05) is 19.6 Å². The van der Waals surface area contributed by atoms with E-state index in [1.54, 1.807) is 9.80 Å². The van der Waals surface area contributed by atoms with Crippen molar-refractivity contribution < 1.29 is 19.1 Å². The number of amides is 2. The first-order chi connectivity index (χ1) is 12.2. The lowest BCUT2D eigenvalue weighted by atomic mass is 10.0. The van der Waals surface area contributed by atoms with Gasteiger partial charge < -0.3 is 19.3 Å². The van der Waals surface area contributed by atoms with Crippen LogP contribution in [0.5, 0.6) is 0 Å². The molecule has 1 aromatic rings. The zero-order valence-electron chi connectivity index (χ0n) is 16.4. The number of carbonyl (C=O) groups is 2. The van der Waals surface area contributed by atoms with E-state index < -0.39 is 5.60 Å². The minimum absolute atomic E-state index is 0.0946. The van der Waals surface area contributed by atoms with Gasteiger partial charge in [-0.2, -0.15) is 0 Å². The van der Waals surface area contributed by atoms with E-state index in [-0.39, 0.29) is 30.8 Å². The van der Waals surface area contributed by atoms with Crippen LogP contribution < -0.4 is 0 Å². The Morgan fingerprint density at radius 2 is 1.77 bits per heavy atom. The quantitative estimate of drug-likeness (QED) is 0.818. The second kappa shape index (κ2) is 8.43. The molecule has 1 aliphatic heterocycles. The van der Waals surface area contributed by atoms with Crippen LogP contribution in [0.1, 0.15) is 40.2 Å². The first-order valence-electron chi connectivity index (χ1n) is 9.12.